The first-order chi connectivity index (χ1) is 8.49. The van der Waals surface area contributed by atoms with Crippen LogP contribution in [0.5, 0.6) is 0 Å². The maximum Gasteiger partial charge on any atom is 0.335 e. The molecular weight excluding hydrogens is 242 g/mol. The molecule has 0 saturated heterocycles. The molecule has 9 heteroatoms. The summed E-state index contributed by atoms with van der Waals surface area (Å²) in [4.78, 5) is 21.0. The number of tetrazole rings is 1. The van der Waals surface area contributed by atoms with Gasteiger partial charge in [-0.3, -0.25) is 10.1 Å². The number of carbonyl (C=O) groups is 1. The smallest absolute Gasteiger partial charge is 0.335 e. The van der Waals surface area contributed by atoms with Crippen LogP contribution >= 0.6 is 0 Å². The molecule has 1 aromatic carbocycles. The van der Waals surface area contributed by atoms with E-state index < -0.39 is 10.9 Å². The summed E-state index contributed by atoms with van der Waals surface area (Å²) in [5, 5.41) is 30.3. The molecule has 1 aromatic heterocycles. The summed E-state index contributed by atoms with van der Waals surface area (Å²) in [6, 6.07) is 3.48. The van der Waals surface area contributed by atoms with E-state index >= 15 is 0 Å². The minimum atomic E-state index is -1.25. The Labute approximate surface area is 99.8 Å². The monoisotopic (exact) mass is 249 g/mol. The molecule has 0 bridgehead atoms. The number of aromatic nitrogens is 4. The highest BCUT2D eigenvalue weighted by atomic mass is 16.6. The Morgan fingerprint density at radius 1 is 1.44 bits per heavy atom. The van der Waals surface area contributed by atoms with Crippen molar-refractivity contribution in [1.29, 1.82) is 0 Å². The second-order valence-electron chi connectivity index (χ2n) is 3.46. The average Bonchev–Trinajstić information content (AvgIpc) is 2.74. The van der Waals surface area contributed by atoms with Gasteiger partial charge in [-0.15, -0.1) is 5.10 Å². The molecule has 0 aliphatic carbocycles. The average molecular weight is 249 g/mol. The second kappa shape index (κ2) is 4.20. The van der Waals surface area contributed by atoms with Gasteiger partial charge in [0.25, 0.3) is 5.69 Å². The molecule has 0 saturated carbocycles. The van der Waals surface area contributed by atoms with E-state index in [0.29, 0.717) is 0 Å². The Morgan fingerprint density at radius 2 is 2.17 bits per heavy atom. The lowest BCUT2D eigenvalue weighted by Gasteiger charge is -2.01. The van der Waals surface area contributed by atoms with Gasteiger partial charge in [0.1, 0.15) is 0 Å². The Hall–Kier alpha value is -2.84. The quantitative estimate of drug-likeness (QED) is 0.619. The lowest BCUT2D eigenvalue weighted by atomic mass is 10.1. The summed E-state index contributed by atoms with van der Waals surface area (Å²) < 4.78 is 1.30. The fourth-order valence-electron chi connectivity index (χ4n) is 1.44. The van der Waals surface area contributed by atoms with Crippen LogP contribution in [-0.4, -0.2) is 36.2 Å². The van der Waals surface area contributed by atoms with Crippen LogP contribution in [0.15, 0.2) is 18.2 Å². The van der Waals surface area contributed by atoms with Gasteiger partial charge >= 0.3 is 5.97 Å². The molecule has 0 aliphatic heterocycles. The molecule has 0 amide bonds. The zero-order valence-electron chi connectivity index (χ0n) is 9.14. The van der Waals surface area contributed by atoms with Crippen molar-refractivity contribution >= 4 is 11.7 Å². The zero-order chi connectivity index (χ0) is 13.3. The van der Waals surface area contributed by atoms with E-state index in [1.807, 2.05) is 0 Å². The number of carboxylic acids is 1. The fraction of sp³-hybridized carbons (Fsp3) is 0.111. The number of rotatable bonds is 3. The van der Waals surface area contributed by atoms with E-state index in [1.54, 1.807) is 7.05 Å². The summed E-state index contributed by atoms with van der Waals surface area (Å²) in [6.45, 7) is 0. The van der Waals surface area contributed by atoms with Crippen LogP contribution in [-0.2, 0) is 7.05 Å². The first kappa shape index (κ1) is 11.6. The van der Waals surface area contributed by atoms with Crippen molar-refractivity contribution in [2.75, 3.05) is 0 Å². The van der Waals surface area contributed by atoms with E-state index in [9.17, 15) is 14.9 Å². The number of aryl methyl sites for hydroxylation is 1. The summed E-state index contributed by atoms with van der Waals surface area (Å²) >= 11 is 0. The first-order valence-corrected chi connectivity index (χ1v) is 4.74. The second-order valence-corrected chi connectivity index (χ2v) is 3.46. The minimum absolute atomic E-state index is 0.192. The van der Waals surface area contributed by atoms with Crippen molar-refractivity contribution in [3.8, 4) is 11.4 Å². The Balaban J connectivity index is 2.64. The summed E-state index contributed by atoms with van der Waals surface area (Å²) in [5.41, 5.74) is -0.246. The molecule has 18 heavy (non-hydrogen) atoms. The third-order valence-corrected chi connectivity index (χ3v) is 2.25. The van der Waals surface area contributed by atoms with Crippen molar-refractivity contribution in [1.82, 2.24) is 20.2 Å². The summed E-state index contributed by atoms with van der Waals surface area (Å²) in [5.74, 6) is -1.00. The minimum Gasteiger partial charge on any atom is -0.478 e. The molecule has 92 valence electrons. The van der Waals surface area contributed by atoms with Gasteiger partial charge in [-0.05, 0) is 16.5 Å². The van der Waals surface area contributed by atoms with Gasteiger partial charge in [-0.2, -0.15) is 0 Å². The van der Waals surface area contributed by atoms with Crippen LogP contribution in [0.2, 0.25) is 0 Å². The van der Waals surface area contributed by atoms with Crippen LogP contribution < -0.4 is 0 Å². The maximum absolute atomic E-state index is 10.9. The van der Waals surface area contributed by atoms with Gasteiger partial charge in [0.2, 0.25) is 0 Å². The molecular formula is C9H7N5O4. The molecule has 2 rings (SSSR count). The highest BCUT2D eigenvalue weighted by Crippen LogP contribution is 2.23. The zero-order valence-corrected chi connectivity index (χ0v) is 9.14. The summed E-state index contributed by atoms with van der Waals surface area (Å²) in [6.07, 6.45) is 0. The normalized spacial score (nSPS) is 10.3. The first-order valence-electron chi connectivity index (χ1n) is 4.74. The lowest BCUT2D eigenvalue weighted by Crippen LogP contribution is -2.01. The topological polar surface area (TPSA) is 124 Å². The number of hydrogen-bond acceptors (Lipinski definition) is 6. The largest absolute Gasteiger partial charge is 0.478 e. The lowest BCUT2D eigenvalue weighted by molar-refractivity contribution is -0.384. The van der Waals surface area contributed by atoms with E-state index in [0.717, 1.165) is 6.07 Å². The van der Waals surface area contributed by atoms with Crippen LogP contribution in [0.4, 0.5) is 5.69 Å². The molecule has 0 fully saturated rings. The Kier molecular flexibility index (Phi) is 2.72. The number of non-ortho nitro benzene ring substituents is 1. The number of benzene rings is 1. The molecule has 0 unspecified atom stereocenters. The highest BCUT2D eigenvalue weighted by molar-refractivity contribution is 5.90. The number of aromatic carboxylic acids is 1. The summed E-state index contributed by atoms with van der Waals surface area (Å²) in [7, 11) is 1.55. The van der Waals surface area contributed by atoms with Crippen molar-refractivity contribution in [3.05, 3.63) is 33.9 Å². The van der Waals surface area contributed by atoms with Crippen molar-refractivity contribution < 1.29 is 14.8 Å². The van der Waals surface area contributed by atoms with Crippen LogP contribution in [0.3, 0.4) is 0 Å². The molecule has 0 aliphatic rings. The van der Waals surface area contributed by atoms with E-state index in [-0.39, 0.29) is 22.6 Å². The number of hydrogen-bond donors (Lipinski definition) is 1. The number of carboxylic acid groups (broad SMARTS) is 1. The van der Waals surface area contributed by atoms with Gasteiger partial charge in [0.15, 0.2) is 5.82 Å². The predicted octanol–water partition coefficient (Wildman–Crippen LogP) is 0.483. The number of nitro groups is 1. The van der Waals surface area contributed by atoms with E-state index in [4.69, 9.17) is 5.11 Å². The van der Waals surface area contributed by atoms with Gasteiger partial charge in [0.05, 0.1) is 10.5 Å². The van der Waals surface area contributed by atoms with Crippen LogP contribution in [0, 0.1) is 10.1 Å². The van der Waals surface area contributed by atoms with Gasteiger partial charge in [-0.1, -0.05) is 0 Å². The molecule has 0 spiro atoms. The third-order valence-electron chi connectivity index (χ3n) is 2.25. The molecule has 2 aromatic rings. The van der Waals surface area contributed by atoms with Crippen molar-refractivity contribution in [2.45, 2.75) is 0 Å². The molecule has 1 heterocycles. The molecule has 9 nitrogen and oxygen atoms in total. The fourth-order valence-corrected chi connectivity index (χ4v) is 1.44. The SMILES string of the molecule is Cn1nnnc1-c1cc(C(=O)O)cc([N+](=O)[O-])c1. The van der Waals surface area contributed by atoms with Crippen molar-refractivity contribution in [3.63, 3.8) is 0 Å². The van der Waals surface area contributed by atoms with E-state index in [2.05, 4.69) is 15.5 Å². The van der Waals surface area contributed by atoms with Gasteiger partial charge in [-0.25, -0.2) is 9.48 Å². The van der Waals surface area contributed by atoms with Crippen molar-refractivity contribution in [2.24, 2.45) is 7.05 Å². The molecule has 0 atom stereocenters. The predicted molar refractivity (Wildman–Crippen MR) is 57.8 cm³/mol. The standard InChI is InChI=1S/C9H7N5O4/c1-13-8(10-11-12-13)5-2-6(9(15)16)4-7(3-5)14(17)18/h2-4H,1H3,(H,15,16). The Bertz CT molecular complexity index is 603. The maximum atomic E-state index is 10.9. The van der Waals surface area contributed by atoms with Crippen LogP contribution in [0.1, 0.15) is 10.4 Å². The van der Waals surface area contributed by atoms with Gasteiger partial charge in [0, 0.05) is 24.7 Å². The third kappa shape index (κ3) is 2.00. The molecule has 0 radical (unpaired) electrons. The highest BCUT2D eigenvalue weighted by Gasteiger charge is 2.17. The number of nitrogens with zero attached hydrogens (tertiary/aromatic N) is 5. The van der Waals surface area contributed by atoms with Crippen LogP contribution in [0.25, 0.3) is 11.4 Å². The molecule has 1 N–H and O–H groups in total. The van der Waals surface area contributed by atoms with Gasteiger partial charge < -0.3 is 5.11 Å². The number of nitro benzene ring substituents is 1. The van der Waals surface area contributed by atoms with E-state index in [1.165, 1.54) is 16.8 Å². The Morgan fingerprint density at radius 3 is 2.67 bits per heavy atom.